The number of carbonyl (C=O) groups is 1. The first-order valence-corrected chi connectivity index (χ1v) is 7.92. The van der Waals surface area contributed by atoms with Crippen LogP contribution in [0.25, 0.3) is 0 Å². The number of hydrogen-bond acceptors (Lipinski definition) is 2. The van der Waals surface area contributed by atoms with Gasteiger partial charge in [-0.2, -0.15) is 13.2 Å². The van der Waals surface area contributed by atoms with Crippen LogP contribution in [0, 0.1) is 5.92 Å². The van der Waals surface area contributed by atoms with E-state index in [0.717, 1.165) is 6.07 Å². The number of rotatable bonds is 4. The summed E-state index contributed by atoms with van der Waals surface area (Å²) in [6.45, 7) is 6.65. The van der Waals surface area contributed by atoms with Crippen LogP contribution >= 0.6 is 0 Å². The van der Waals surface area contributed by atoms with E-state index in [1.165, 1.54) is 12.1 Å². The van der Waals surface area contributed by atoms with Gasteiger partial charge in [-0.3, -0.25) is 9.69 Å². The maximum Gasteiger partial charge on any atom is 0.416 e. The van der Waals surface area contributed by atoms with Crippen molar-refractivity contribution in [3.8, 4) is 0 Å². The summed E-state index contributed by atoms with van der Waals surface area (Å²) in [5, 5.41) is 0. The van der Waals surface area contributed by atoms with Gasteiger partial charge < -0.3 is 4.90 Å². The number of carbonyl (C=O) groups excluding carboxylic acids is 1. The van der Waals surface area contributed by atoms with Crippen molar-refractivity contribution in [1.29, 1.82) is 0 Å². The minimum atomic E-state index is -4.33. The van der Waals surface area contributed by atoms with Gasteiger partial charge in [0.15, 0.2) is 0 Å². The van der Waals surface area contributed by atoms with Crippen LogP contribution in [0.1, 0.15) is 31.4 Å². The Morgan fingerprint density at radius 1 is 1.13 bits per heavy atom. The van der Waals surface area contributed by atoms with E-state index in [4.69, 9.17) is 0 Å². The van der Waals surface area contributed by atoms with Crippen LogP contribution < -0.4 is 0 Å². The Kier molecular flexibility index (Phi) is 5.68. The highest BCUT2D eigenvalue weighted by molar-refractivity contribution is 5.76. The fraction of sp³-hybridized carbons (Fsp3) is 0.588. The molecule has 0 radical (unpaired) electrons. The Bertz CT molecular complexity index is 535. The Hall–Kier alpha value is -1.56. The van der Waals surface area contributed by atoms with Gasteiger partial charge in [0.05, 0.1) is 5.56 Å². The molecule has 1 amide bonds. The molecule has 23 heavy (non-hydrogen) atoms. The lowest BCUT2D eigenvalue weighted by atomic mass is 10.1. The van der Waals surface area contributed by atoms with Crippen LogP contribution in [0.5, 0.6) is 0 Å². The van der Waals surface area contributed by atoms with Crippen molar-refractivity contribution in [3.05, 3.63) is 35.4 Å². The molecule has 3 nitrogen and oxygen atoms in total. The molecular weight excluding hydrogens is 305 g/mol. The van der Waals surface area contributed by atoms with Gasteiger partial charge in [-0.15, -0.1) is 0 Å². The molecule has 2 rings (SSSR count). The van der Waals surface area contributed by atoms with Crippen LogP contribution in [0.3, 0.4) is 0 Å². The van der Waals surface area contributed by atoms with Gasteiger partial charge in [-0.05, 0) is 17.5 Å². The van der Waals surface area contributed by atoms with E-state index < -0.39 is 11.7 Å². The van der Waals surface area contributed by atoms with Gasteiger partial charge in [-0.25, -0.2) is 0 Å². The summed E-state index contributed by atoms with van der Waals surface area (Å²) in [5.41, 5.74) is -0.278. The van der Waals surface area contributed by atoms with E-state index >= 15 is 0 Å². The number of hydrogen-bond donors (Lipinski definition) is 0. The first-order valence-electron chi connectivity index (χ1n) is 7.92. The second-order valence-electron chi connectivity index (χ2n) is 6.41. The van der Waals surface area contributed by atoms with Crippen LogP contribution in [0.4, 0.5) is 13.2 Å². The van der Waals surface area contributed by atoms with Crippen molar-refractivity contribution in [1.82, 2.24) is 9.80 Å². The minimum Gasteiger partial charge on any atom is -0.340 e. The molecular formula is C17H23F3N2O. The SMILES string of the molecule is CC(C)CC(=O)N1CCN(Cc2ccccc2C(F)(F)F)CC1. The van der Waals surface area contributed by atoms with E-state index in [9.17, 15) is 18.0 Å². The maximum atomic E-state index is 13.0. The summed E-state index contributed by atoms with van der Waals surface area (Å²) in [6.07, 6.45) is -3.80. The number of halogens is 3. The van der Waals surface area contributed by atoms with Crippen molar-refractivity contribution >= 4 is 5.91 Å². The summed E-state index contributed by atoms with van der Waals surface area (Å²) < 4.78 is 39.1. The second kappa shape index (κ2) is 7.34. The van der Waals surface area contributed by atoms with Gasteiger partial charge in [0.2, 0.25) is 5.91 Å². The smallest absolute Gasteiger partial charge is 0.340 e. The fourth-order valence-electron chi connectivity index (χ4n) is 2.81. The molecule has 0 bridgehead atoms. The van der Waals surface area contributed by atoms with Crippen LogP contribution in [-0.4, -0.2) is 41.9 Å². The monoisotopic (exact) mass is 328 g/mol. The number of piperazine rings is 1. The standard InChI is InChI=1S/C17H23F3N2O/c1-13(2)11-16(23)22-9-7-21(8-10-22)12-14-5-3-4-6-15(14)17(18,19)20/h3-6,13H,7-12H2,1-2H3. The molecule has 0 saturated carbocycles. The molecule has 6 heteroatoms. The van der Waals surface area contributed by atoms with E-state index in [0.29, 0.717) is 44.1 Å². The van der Waals surface area contributed by atoms with Crippen LogP contribution in [0.2, 0.25) is 0 Å². The molecule has 0 aliphatic carbocycles. The molecule has 0 unspecified atom stereocenters. The summed E-state index contributed by atoms with van der Waals surface area (Å²) in [5.74, 6) is 0.453. The Morgan fingerprint density at radius 3 is 2.30 bits per heavy atom. The maximum absolute atomic E-state index is 13.0. The number of amides is 1. The number of nitrogens with zero attached hydrogens (tertiary/aromatic N) is 2. The molecule has 1 heterocycles. The molecule has 1 aliphatic rings. The quantitative estimate of drug-likeness (QED) is 0.846. The van der Waals surface area contributed by atoms with E-state index in [1.54, 1.807) is 6.07 Å². The number of benzene rings is 1. The second-order valence-corrected chi connectivity index (χ2v) is 6.41. The van der Waals surface area contributed by atoms with Crippen LogP contribution in [-0.2, 0) is 17.5 Å². The molecule has 128 valence electrons. The molecule has 1 aromatic carbocycles. The van der Waals surface area contributed by atoms with Crippen molar-refractivity contribution in [2.24, 2.45) is 5.92 Å². The topological polar surface area (TPSA) is 23.6 Å². The molecule has 1 saturated heterocycles. The zero-order chi connectivity index (χ0) is 17.0. The predicted octanol–water partition coefficient (Wildman–Crippen LogP) is 3.40. The van der Waals surface area contributed by atoms with Gasteiger partial charge in [0.1, 0.15) is 0 Å². The summed E-state index contributed by atoms with van der Waals surface area (Å²) in [7, 11) is 0. The number of alkyl halides is 3. The predicted molar refractivity (Wildman–Crippen MR) is 82.8 cm³/mol. The zero-order valence-corrected chi connectivity index (χ0v) is 13.6. The molecule has 0 aromatic heterocycles. The van der Waals surface area contributed by atoms with Crippen molar-refractivity contribution in [2.75, 3.05) is 26.2 Å². The third-order valence-electron chi connectivity index (χ3n) is 4.02. The molecule has 1 aromatic rings. The van der Waals surface area contributed by atoms with Gasteiger partial charge in [0.25, 0.3) is 0 Å². The third kappa shape index (κ3) is 4.96. The van der Waals surface area contributed by atoms with E-state index in [2.05, 4.69) is 0 Å². The van der Waals surface area contributed by atoms with E-state index in [-0.39, 0.29) is 12.5 Å². The Balaban J connectivity index is 1.94. The van der Waals surface area contributed by atoms with Crippen molar-refractivity contribution in [3.63, 3.8) is 0 Å². The minimum absolute atomic E-state index is 0.135. The molecule has 0 spiro atoms. The van der Waals surface area contributed by atoms with Gasteiger partial charge in [-0.1, -0.05) is 32.0 Å². The molecule has 1 aliphatic heterocycles. The third-order valence-corrected chi connectivity index (χ3v) is 4.02. The van der Waals surface area contributed by atoms with Crippen LogP contribution in [0.15, 0.2) is 24.3 Å². The summed E-state index contributed by atoms with van der Waals surface area (Å²) in [4.78, 5) is 15.8. The van der Waals surface area contributed by atoms with Crippen molar-refractivity contribution < 1.29 is 18.0 Å². The lowest BCUT2D eigenvalue weighted by molar-refractivity contribution is -0.138. The first-order chi connectivity index (χ1) is 10.8. The Morgan fingerprint density at radius 2 is 1.74 bits per heavy atom. The van der Waals surface area contributed by atoms with E-state index in [1.807, 2.05) is 23.6 Å². The average Bonchev–Trinajstić information content (AvgIpc) is 2.46. The molecule has 0 atom stereocenters. The summed E-state index contributed by atoms with van der Waals surface area (Å²) in [6, 6.07) is 5.69. The summed E-state index contributed by atoms with van der Waals surface area (Å²) >= 11 is 0. The highest BCUT2D eigenvalue weighted by atomic mass is 19.4. The molecule has 1 fully saturated rings. The zero-order valence-electron chi connectivity index (χ0n) is 13.6. The largest absolute Gasteiger partial charge is 0.416 e. The van der Waals surface area contributed by atoms with Crippen molar-refractivity contribution in [2.45, 2.75) is 33.0 Å². The molecule has 0 N–H and O–H groups in total. The lowest BCUT2D eigenvalue weighted by Crippen LogP contribution is -2.48. The fourth-order valence-corrected chi connectivity index (χ4v) is 2.81. The van der Waals surface area contributed by atoms with Gasteiger partial charge >= 0.3 is 6.18 Å². The average molecular weight is 328 g/mol. The highest BCUT2D eigenvalue weighted by Crippen LogP contribution is 2.32. The Labute approximate surface area is 135 Å². The first kappa shape index (κ1) is 17.8. The van der Waals surface area contributed by atoms with Gasteiger partial charge in [0, 0.05) is 39.1 Å². The highest BCUT2D eigenvalue weighted by Gasteiger charge is 2.33. The lowest BCUT2D eigenvalue weighted by Gasteiger charge is -2.35. The normalized spacial score (nSPS) is 16.9.